The van der Waals surface area contributed by atoms with Gasteiger partial charge in [0.05, 0.1) is 6.42 Å². The van der Waals surface area contributed by atoms with E-state index < -0.39 is 11.4 Å². The SMILES string of the molecule is CC(C)(NC(=O)Cc1ccc(N)cc1)C(N)=O.Cl. The van der Waals surface area contributed by atoms with E-state index in [4.69, 9.17) is 11.5 Å². The van der Waals surface area contributed by atoms with Crippen molar-refractivity contribution in [3.05, 3.63) is 29.8 Å². The third kappa shape index (κ3) is 4.63. The van der Waals surface area contributed by atoms with Gasteiger partial charge >= 0.3 is 0 Å². The molecule has 0 atom stereocenters. The van der Waals surface area contributed by atoms with Gasteiger partial charge in [-0.1, -0.05) is 12.1 Å². The summed E-state index contributed by atoms with van der Waals surface area (Å²) >= 11 is 0. The molecule has 0 unspecified atom stereocenters. The Labute approximate surface area is 112 Å². The predicted octanol–water partition coefficient (Wildman–Crippen LogP) is 0.613. The van der Waals surface area contributed by atoms with Gasteiger partial charge in [-0.2, -0.15) is 0 Å². The van der Waals surface area contributed by atoms with Crippen LogP contribution in [-0.4, -0.2) is 17.4 Å². The molecule has 6 heteroatoms. The van der Waals surface area contributed by atoms with Crippen LogP contribution in [0.2, 0.25) is 0 Å². The van der Waals surface area contributed by atoms with Gasteiger partial charge in [0.15, 0.2) is 0 Å². The van der Waals surface area contributed by atoms with E-state index in [1.54, 1.807) is 38.1 Å². The quantitative estimate of drug-likeness (QED) is 0.700. The molecule has 5 N–H and O–H groups in total. The summed E-state index contributed by atoms with van der Waals surface area (Å²) in [6.45, 7) is 3.13. The van der Waals surface area contributed by atoms with E-state index in [0.717, 1.165) is 5.56 Å². The zero-order valence-electron chi connectivity index (χ0n) is 10.4. The Morgan fingerprint density at radius 3 is 2.17 bits per heavy atom. The van der Waals surface area contributed by atoms with Crippen molar-refractivity contribution in [3.8, 4) is 0 Å². The molecular formula is C12H18ClN3O2. The van der Waals surface area contributed by atoms with Gasteiger partial charge in [0.2, 0.25) is 11.8 Å². The van der Waals surface area contributed by atoms with Gasteiger partial charge in [-0.05, 0) is 31.5 Å². The van der Waals surface area contributed by atoms with Crippen LogP contribution in [0.25, 0.3) is 0 Å². The number of benzene rings is 1. The maximum absolute atomic E-state index is 11.7. The van der Waals surface area contributed by atoms with Gasteiger partial charge in [-0.25, -0.2) is 0 Å². The summed E-state index contributed by atoms with van der Waals surface area (Å²) in [5.74, 6) is -0.818. The van der Waals surface area contributed by atoms with Crippen molar-refractivity contribution in [1.82, 2.24) is 5.32 Å². The normalized spacial score (nSPS) is 10.3. The Kier molecular flexibility index (Phi) is 5.65. The highest BCUT2D eigenvalue weighted by Crippen LogP contribution is 2.07. The van der Waals surface area contributed by atoms with Crippen molar-refractivity contribution in [2.24, 2.45) is 5.73 Å². The molecule has 0 spiro atoms. The number of nitrogens with two attached hydrogens (primary N) is 2. The Bertz CT molecular complexity index is 429. The van der Waals surface area contributed by atoms with Crippen LogP contribution >= 0.6 is 12.4 Å². The van der Waals surface area contributed by atoms with Gasteiger partial charge in [0.25, 0.3) is 0 Å². The molecule has 0 aliphatic heterocycles. The lowest BCUT2D eigenvalue weighted by molar-refractivity contribution is -0.130. The summed E-state index contributed by atoms with van der Waals surface area (Å²) in [6, 6.07) is 6.99. The van der Waals surface area contributed by atoms with E-state index in [1.165, 1.54) is 0 Å². The fraction of sp³-hybridized carbons (Fsp3) is 0.333. The van der Waals surface area contributed by atoms with Gasteiger partial charge in [-0.15, -0.1) is 12.4 Å². The predicted molar refractivity (Wildman–Crippen MR) is 73.2 cm³/mol. The molecule has 0 heterocycles. The minimum absolute atomic E-state index is 0. The molecule has 0 saturated heterocycles. The van der Waals surface area contributed by atoms with E-state index in [1.807, 2.05) is 0 Å². The van der Waals surface area contributed by atoms with Crippen LogP contribution < -0.4 is 16.8 Å². The molecule has 100 valence electrons. The molecule has 0 aromatic heterocycles. The summed E-state index contributed by atoms with van der Waals surface area (Å²) in [4.78, 5) is 22.7. The standard InChI is InChI=1S/C12H17N3O2.ClH/c1-12(2,11(14)17)15-10(16)7-8-3-5-9(13)6-4-8;/h3-6H,7,13H2,1-2H3,(H2,14,17)(H,15,16);1H. The fourth-order valence-corrected chi connectivity index (χ4v) is 1.28. The topological polar surface area (TPSA) is 98.2 Å². The number of rotatable bonds is 4. The molecule has 0 aliphatic rings. The molecule has 0 aliphatic carbocycles. The van der Waals surface area contributed by atoms with Crippen LogP contribution in [0, 0.1) is 0 Å². The van der Waals surface area contributed by atoms with Gasteiger partial charge in [-0.3, -0.25) is 9.59 Å². The van der Waals surface area contributed by atoms with Crippen molar-refractivity contribution < 1.29 is 9.59 Å². The monoisotopic (exact) mass is 271 g/mol. The van der Waals surface area contributed by atoms with Crippen LogP contribution in [0.4, 0.5) is 5.69 Å². The Balaban J connectivity index is 0.00000289. The summed E-state index contributed by atoms with van der Waals surface area (Å²) in [7, 11) is 0. The maximum atomic E-state index is 11.7. The van der Waals surface area contributed by atoms with E-state index in [2.05, 4.69) is 5.32 Å². The van der Waals surface area contributed by atoms with Crippen LogP contribution in [0.3, 0.4) is 0 Å². The van der Waals surface area contributed by atoms with Crippen molar-refractivity contribution in [2.45, 2.75) is 25.8 Å². The average molecular weight is 272 g/mol. The minimum Gasteiger partial charge on any atom is -0.399 e. The molecule has 0 saturated carbocycles. The second kappa shape index (κ2) is 6.26. The summed E-state index contributed by atoms with van der Waals surface area (Å²) in [5, 5.41) is 2.57. The van der Waals surface area contributed by atoms with Crippen LogP contribution in [0.15, 0.2) is 24.3 Å². The number of halogens is 1. The number of primary amides is 1. The first-order valence-electron chi connectivity index (χ1n) is 5.26. The van der Waals surface area contributed by atoms with Crippen molar-refractivity contribution >= 4 is 29.9 Å². The number of carbonyl (C=O) groups excluding carboxylic acids is 2. The zero-order valence-corrected chi connectivity index (χ0v) is 11.2. The lowest BCUT2D eigenvalue weighted by Crippen LogP contribution is -2.53. The molecule has 1 aromatic carbocycles. The summed E-state index contributed by atoms with van der Waals surface area (Å²) < 4.78 is 0. The third-order valence-corrected chi connectivity index (χ3v) is 2.41. The number of nitrogens with one attached hydrogen (secondary N) is 1. The molecular weight excluding hydrogens is 254 g/mol. The molecule has 2 amide bonds. The smallest absolute Gasteiger partial charge is 0.242 e. The second-order valence-electron chi connectivity index (χ2n) is 4.46. The summed E-state index contributed by atoms with van der Waals surface area (Å²) in [5.41, 5.74) is 11.1. The first kappa shape index (κ1) is 16.2. The van der Waals surface area contributed by atoms with Crippen molar-refractivity contribution in [3.63, 3.8) is 0 Å². The van der Waals surface area contributed by atoms with Crippen LogP contribution in [-0.2, 0) is 16.0 Å². The van der Waals surface area contributed by atoms with E-state index >= 15 is 0 Å². The highest BCUT2D eigenvalue weighted by atomic mass is 35.5. The molecule has 18 heavy (non-hydrogen) atoms. The molecule has 5 nitrogen and oxygen atoms in total. The van der Waals surface area contributed by atoms with Gasteiger partial charge < -0.3 is 16.8 Å². The maximum Gasteiger partial charge on any atom is 0.242 e. The first-order chi connectivity index (χ1) is 7.81. The van der Waals surface area contributed by atoms with Crippen LogP contribution in [0.5, 0.6) is 0 Å². The number of hydrogen-bond donors (Lipinski definition) is 3. The lowest BCUT2D eigenvalue weighted by atomic mass is 10.0. The Morgan fingerprint density at radius 1 is 1.22 bits per heavy atom. The fourth-order valence-electron chi connectivity index (χ4n) is 1.28. The largest absolute Gasteiger partial charge is 0.399 e. The number of nitrogen functional groups attached to an aromatic ring is 1. The van der Waals surface area contributed by atoms with Gasteiger partial charge in [0.1, 0.15) is 5.54 Å². The van der Waals surface area contributed by atoms with Gasteiger partial charge in [0, 0.05) is 5.69 Å². The molecule has 1 rings (SSSR count). The number of anilines is 1. The highest BCUT2D eigenvalue weighted by molar-refractivity contribution is 5.90. The summed E-state index contributed by atoms with van der Waals surface area (Å²) in [6.07, 6.45) is 0.191. The molecule has 1 aromatic rings. The van der Waals surface area contributed by atoms with E-state index in [0.29, 0.717) is 5.69 Å². The van der Waals surface area contributed by atoms with Crippen molar-refractivity contribution in [1.29, 1.82) is 0 Å². The van der Waals surface area contributed by atoms with E-state index in [9.17, 15) is 9.59 Å². The molecule has 0 bridgehead atoms. The lowest BCUT2D eigenvalue weighted by Gasteiger charge is -2.22. The zero-order chi connectivity index (χ0) is 13.1. The average Bonchev–Trinajstić information content (AvgIpc) is 2.20. The molecule has 0 fully saturated rings. The minimum atomic E-state index is -1.04. The van der Waals surface area contributed by atoms with E-state index in [-0.39, 0.29) is 24.7 Å². The number of hydrogen-bond acceptors (Lipinski definition) is 3. The number of amides is 2. The highest BCUT2D eigenvalue weighted by Gasteiger charge is 2.26. The third-order valence-electron chi connectivity index (χ3n) is 2.41. The first-order valence-corrected chi connectivity index (χ1v) is 5.26. The van der Waals surface area contributed by atoms with Crippen molar-refractivity contribution in [2.75, 3.05) is 5.73 Å². The second-order valence-corrected chi connectivity index (χ2v) is 4.46. The Hall–Kier alpha value is -1.75. The van der Waals surface area contributed by atoms with Crippen LogP contribution in [0.1, 0.15) is 19.4 Å². The number of carbonyl (C=O) groups is 2. The molecule has 0 radical (unpaired) electrons. The Morgan fingerprint density at radius 2 is 1.72 bits per heavy atom.